The van der Waals surface area contributed by atoms with Crippen LogP contribution in [0.2, 0.25) is 0 Å². The number of rotatable bonds is 1. The Hall–Kier alpha value is -0.810. The fourth-order valence-electron chi connectivity index (χ4n) is 1.27. The maximum absolute atomic E-state index is 10.3. The van der Waals surface area contributed by atoms with Crippen molar-refractivity contribution < 1.29 is 19.7 Å². The fraction of sp³-hybridized carbons (Fsp3) is 0.857. The third kappa shape index (κ3) is 2.09. The molecule has 0 aromatic carbocycles. The van der Waals surface area contributed by atoms with Crippen LogP contribution in [-0.2, 0) is 4.74 Å². The van der Waals surface area contributed by atoms with E-state index in [9.17, 15) is 9.90 Å². The average molecular weight is 175 g/mol. The van der Waals surface area contributed by atoms with E-state index in [-0.39, 0.29) is 6.61 Å². The van der Waals surface area contributed by atoms with E-state index in [4.69, 9.17) is 9.84 Å². The smallest absolute Gasteiger partial charge is 0.404 e. The summed E-state index contributed by atoms with van der Waals surface area (Å²) in [6.45, 7) is 2.23. The summed E-state index contributed by atoms with van der Waals surface area (Å²) < 4.78 is 5.01. The minimum Gasteiger partial charge on any atom is -0.465 e. The van der Waals surface area contributed by atoms with E-state index in [0.29, 0.717) is 13.0 Å². The van der Waals surface area contributed by atoms with Gasteiger partial charge in [-0.1, -0.05) is 0 Å². The van der Waals surface area contributed by atoms with Gasteiger partial charge in [-0.05, 0) is 13.3 Å². The van der Waals surface area contributed by atoms with Crippen molar-refractivity contribution in [3.8, 4) is 0 Å². The molecule has 1 aliphatic heterocycles. The van der Waals surface area contributed by atoms with Gasteiger partial charge >= 0.3 is 6.09 Å². The van der Waals surface area contributed by atoms with Gasteiger partial charge in [-0.15, -0.1) is 0 Å². The first kappa shape index (κ1) is 9.28. The van der Waals surface area contributed by atoms with Crippen molar-refractivity contribution in [3.63, 3.8) is 0 Å². The summed E-state index contributed by atoms with van der Waals surface area (Å²) in [6.07, 6.45) is -0.596. The normalized spacial score (nSPS) is 36.0. The maximum atomic E-state index is 10.3. The van der Waals surface area contributed by atoms with Gasteiger partial charge in [0, 0.05) is 6.61 Å². The Kier molecular flexibility index (Phi) is 2.54. The van der Waals surface area contributed by atoms with Crippen LogP contribution >= 0.6 is 0 Å². The summed E-state index contributed by atoms with van der Waals surface area (Å²) >= 11 is 0. The van der Waals surface area contributed by atoms with Crippen molar-refractivity contribution in [2.24, 2.45) is 0 Å². The number of aliphatic hydroxyl groups is 1. The Bertz CT molecular complexity index is 180. The number of carbonyl (C=O) groups is 1. The third-order valence-corrected chi connectivity index (χ3v) is 1.99. The molecule has 0 unspecified atom stereocenters. The van der Waals surface area contributed by atoms with Gasteiger partial charge in [0.25, 0.3) is 0 Å². The molecular weight excluding hydrogens is 162 g/mol. The van der Waals surface area contributed by atoms with Gasteiger partial charge < -0.3 is 20.3 Å². The molecule has 12 heavy (non-hydrogen) atoms. The predicted molar refractivity (Wildman–Crippen MR) is 41.0 cm³/mol. The lowest BCUT2D eigenvalue weighted by Crippen LogP contribution is -2.56. The SMILES string of the molecule is C[C@@]1(O)COCC[C@H]1NC(=O)O. The summed E-state index contributed by atoms with van der Waals surface area (Å²) in [5, 5.41) is 20.3. The zero-order chi connectivity index (χ0) is 9.19. The zero-order valence-corrected chi connectivity index (χ0v) is 6.91. The fourth-order valence-corrected chi connectivity index (χ4v) is 1.27. The van der Waals surface area contributed by atoms with Crippen LogP contribution in [0.4, 0.5) is 4.79 Å². The van der Waals surface area contributed by atoms with Crippen LogP contribution in [0.25, 0.3) is 0 Å². The Balaban J connectivity index is 2.54. The van der Waals surface area contributed by atoms with E-state index in [1.807, 2.05) is 0 Å². The number of nitrogens with one attached hydrogen (secondary N) is 1. The van der Waals surface area contributed by atoms with Crippen molar-refractivity contribution >= 4 is 6.09 Å². The first-order chi connectivity index (χ1) is 5.52. The van der Waals surface area contributed by atoms with Crippen LogP contribution in [0.5, 0.6) is 0 Å². The van der Waals surface area contributed by atoms with Crippen LogP contribution in [0.1, 0.15) is 13.3 Å². The van der Waals surface area contributed by atoms with Crippen molar-refractivity contribution in [2.45, 2.75) is 25.0 Å². The minimum atomic E-state index is -1.11. The Morgan fingerprint density at radius 2 is 2.42 bits per heavy atom. The molecule has 0 spiro atoms. The molecule has 0 aromatic rings. The second-order valence-electron chi connectivity index (χ2n) is 3.20. The molecular formula is C7H13NO4. The van der Waals surface area contributed by atoms with E-state index >= 15 is 0 Å². The molecule has 3 N–H and O–H groups in total. The van der Waals surface area contributed by atoms with Gasteiger partial charge in [-0.2, -0.15) is 0 Å². The Morgan fingerprint density at radius 1 is 1.75 bits per heavy atom. The largest absolute Gasteiger partial charge is 0.465 e. The van der Waals surface area contributed by atoms with Crippen molar-refractivity contribution in [1.29, 1.82) is 0 Å². The molecule has 1 fully saturated rings. The lowest BCUT2D eigenvalue weighted by molar-refractivity contribution is -0.0934. The van der Waals surface area contributed by atoms with E-state index < -0.39 is 17.7 Å². The highest BCUT2D eigenvalue weighted by atomic mass is 16.5. The molecule has 1 amide bonds. The number of hydrogen-bond acceptors (Lipinski definition) is 3. The second kappa shape index (κ2) is 3.28. The molecule has 1 rings (SSSR count). The standard InChI is InChI=1S/C7H13NO4/c1-7(11)4-12-3-2-5(7)8-6(9)10/h5,8,11H,2-4H2,1H3,(H,9,10)/t5-,7-/m1/s1. The van der Waals surface area contributed by atoms with Gasteiger partial charge in [0.1, 0.15) is 5.60 Å². The van der Waals surface area contributed by atoms with Gasteiger partial charge in [0.05, 0.1) is 12.6 Å². The molecule has 70 valence electrons. The van der Waals surface area contributed by atoms with E-state index in [2.05, 4.69) is 5.32 Å². The molecule has 0 radical (unpaired) electrons. The highest BCUT2D eigenvalue weighted by Gasteiger charge is 2.36. The van der Waals surface area contributed by atoms with E-state index in [0.717, 1.165) is 0 Å². The molecule has 2 atom stereocenters. The molecule has 1 saturated heterocycles. The molecule has 0 saturated carbocycles. The zero-order valence-electron chi connectivity index (χ0n) is 6.91. The summed E-state index contributed by atoms with van der Waals surface area (Å²) in [7, 11) is 0. The van der Waals surface area contributed by atoms with Crippen LogP contribution in [0, 0.1) is 0 Å². The summed E-state index contributed by atoms with van der Waals surface area (Å²) in [5.74, 6) is 0. The maximum Gasteiger partial charge on any atom is 0.404 e. The highest BCUT2D eigenvalue weighted by molar-refractivity contribution is 5.65. The van der Waals surface area contributed by atoms with Gasteiger partial charge in [-0.3, -0.25) is 0 Å². The first-order valence-electron chi connectivity index (χ1n) is 3.82. The minimum absolute atomic E-state index is 0.179. The van der Waals surface area contributed by atoms with E-state index in [1.54, 1.807) is 6.92 Å². The summed E-state index contributed by atoms with van der Waals surface area (Å²) in [4.78, 5) is 10.3. The van der Waals surface area contributed by atoms with Crippen LogP contribution < -0.4 is 5.32 Å². The third-order valence-electron chi connectivity index (χ3n) is 1.99. The number of amides is 1. The number of ether oxygens (including phenoxy) is 1. The molecule has 0 aliphatic carbocycles. The Morgan fingerprint density at radius 3 is 2.92 bits per heavy atom. The molecule has 5 nitrogen and oxygen atoms in total. The predicted octanol–water partition coefficient (Wildman–Crippen LogP) is -0.206. The topological polar surface area (TPSA) is 78.8 Å². The van der Waals surface area contributed by atoms with Gasteiger partial charge in [0.2, 0.25) is 0 Å². The number of hydrogen-bond donors (Lipinski definition) is 3. The lowest BCUT2D eigenvalue weighted by Gasteiger charge is -2.36. The van der Waals surface area contributed by atoms with Crippen molar-refractivity contribution in [3.05, 3.63) is 0 Å². The molecule has 0 bridgehead atoms. The monoisotopic (exact) mass is 175 g/mol. The highest BCUT2D eigenvalue weighted by Crippen LogP contribution is 2.18. The summed E-state index contributed by atoms with van der Waals surface area (Å²) in [5.41, 5.74) is -1.09. The van der Waals surface area contributed by atoms with Crippen LogP contribution in [-0.4, -0.2) is 41.2 Å². The van der Waals surface area contributed by atoms with Crippen molar-refractivity contribution in [1.82, 2.24) is 5.32 Å². The summed E-state index contributed by atoms with van der Waals surface area (Å²) in [6, 6.07) is -0.427. The second-order valence-corrected chi connectivity index (χ2v) is 3.20. The first-order valence-corrected chi connectivity index (χ1v) is 3.82. The van der Waals surface area contributed by atoms with Crippen molar-refractivity contribution in [2.75, 3.05) is 13.2 Å². The lowest BCUT2D eigenvalue weighted by atomic mass is 9.93. The van der Waals surface area contributed by atoms with Crippen LogP contribution in [0.15, 0.2) is 0 Å². The molecule has 1 heterocycles. The van der Waals surface area contributed by atoms with Crippen LogP contribution in [0.3, 0.4) is 0 Å². The van der Waals surface area contributed by atoms with E-state index in [1.165, 1.54) is 0 Å². The van der Waals surface area contributed by atoms with Gasteiger partial charge in [0.15, 0.2) is 0 Å². The Labute approximate surface area is 70.3 Å². The number of carboxylic acid groups (broad SMARTS) is 1. The molecule has 5 heteroatoms. The molecule has 1 aliphatic rings. The quantitative estimate of drug-likeness (QED) is 0.515. The average Bonchev–Trinajstić information content (AvgIpc) is 1.92. The molecule has 0 aromatic heterocycles. The van der Waals surface area contributed by atoms with Gasteiger partial charge in [-0.25, -0.2) is 4.79 Å².